The molecule has 2 rings (SSSR count). The number of rotatable bonds is 11. The Hall–Kier alpha value is -2.36. The Kier molecular flexibility index (Phi) is 7.64. The molecule has 2 aromatic rings. The number of methoxy groups -OCH3 is 2. The van der Waals surface area contributed by atoms with E-state index in [0.717, 1.165) is 11.1 Å². The van der Waals surface area contributed by atoms with Crippen LogP contribution in [0.3, 0.4) is 0 Å². The third-order valence-corrected chi connectivity index (χ3v) is 4.06. The third-order valence-electron chi connectivity index (χ3n) is 4.06. The van der Waals surface area contributed by atoms with Gasteiger partial charge in [0.2, 0.25) is 5.91 Å². The first-order valence-corrected chi connectivity index (χ1v) is 8.29. The summed E-state index contributed by atoms with van der Waals surface area (Å²) in [7, 11) is 4.84. The van der Waals surface area contributed by atoms with Crippen LogP contribution in [-0.4, -0.2) is 59.8 Å². The van der Waals surface area contributed by atoms with Crippen molar-refractivity contribution in [1.29, 1.82) is 0 Å². The Balaban J connectivity index is 1.85. The van der Waals surface area contributed by atoms with Gasteiger partial charge >= 0.3 is 0 Å². The fraction of sp³-hybridized carbons (Fsp3) is 0.529. The minimum absolute atomic E-state index is 0.228. The summed E-state index contributed by atoms with van der Waals surface area (Å²) in [4.78, 5) is 11.5. The second-order valence-electron chi connectivity index (χ2n) is 5.89. The van der Waals surface area contributed by atoms with E-state index in [9.17, 15) is 4.79 Å². The average Bonchev–Trinajstić information content (AvgIpc) is 3.07. The van der Waals surface area contributed by atoms with Gasteiger partial charge in [-0.25, -0.2) is 4.68 Å². The fourth-order valence-corrected chi connectivity index (χ4v) is 2.54. The average molecular weight is 363 g/mol. The van der Waals surface area contributed by atoms with Gasteiger partial charge < -0.3 is 19.9 Å². The SMILES string of the molecule is COC(CC(COCCc1cccc(-c2nnnn2C)c1)C(N)=O)OC. The van der Waals surface area contributed by atoms with E-state index in [0.29, 0.717) is 25.3 Å². The Bertz CT molecular complexity index is 702. The second kappa shape index (κ2) is 9.95. The van der Waals surface area contributed by atoms with Crippen molar-refractivity contribution in [2.24, 2.45) is 18.7 Å². The van der Waals surface area contributed by atoms with Gasteiger partial charge in [-0.2, -0.15) is 0 Å². The predicted octanol–water partition coefficient (Wildman–Crippen LogP) is 0.547. The summed E-state index contributed by atoms with van der Waals surface area (Å²) in [6, 6.07) is 7.93. The van der Waals surface area contributed by atoms with Crippen LogP contribution in [0.4, 0.5) is 0 Å². The highest BCUT2D eigenvalue weighted by Gasteiger charge is 2.21. The van der Waals surface area contributed by atoms with Gasteiger partial charge in [-0.1, -0.05) is 18.2 Å². The first kappa shape index (κ1) is 20.0. The van der Waals surface area contributed by atoms with Crippen molar-refractivity contribution in [2.45, 2.75) is 19.1 Å². The molecule has 9 heteroatoms. The lowest BCUT2D eigenvalue weighted by Crippen LogP contribution is -2.32. The number of nitrogens with zero attached hydrogens (tertiary/aromatic N) is 4. The minimum atomic E-state index is -0.479. The Morgan fingerprint density at radius 1 is 1.31 bits per heavy atom. The van der Waals surface area contributed by atoms with Crippen molar-refractivity contribution in [3.05, 3.63) is 29.8 Å². The molecule has 0 spiro atoms. The van der Waals surface area contributed by atoms with Crippen molar-refractivity contribution in [3.8, 4) is 11.4 Å². The van der Waals surface area contributed by atoms with Crippen molar-refractivity contribution in [1.82, 2.24) is 20.2 Å². The summed E-state index contributed by atoms with van der Waals surface area (Å²) in [6.07, 6.45) is 0.576. The molecule has 0 saturated carbocycles. The van der Waals surface area contributed by atoms with Crippen LogP contribution >= 0.6 is 0 Å². The number of ether oxygens (including phenoxy) is 3. The summed E-state index contributed by atoms with van der Waals surface area (Å²) in [5.74, 6) is -0.191. The molecule has 26 heavy (non-hydrogen) atoms. The van der Waals surface area contributed by atoms with Gasteiger partial charge in [0.15, 0.2) is 12.1 Å². The highest BCUT2D eigenvalue weighted by Crippen LogP contribution is 2.17. The number of carbonyl (C=O) groups is 1. The quantitative estimate of drug-likeness (QED) is 0.458. The highest BCUT2D eigenvalue weighted by atomic mass is 16.7. The number of carbonyl (C=O) groups excluding carboxylic acids is 1. The normalized spacial score (nSPS) is 12.5. The maximum absolute atomic E-state index is 11.5. The molecule has 0 saturated heterocycles. The van der Waals surface area contributed by atoms with Crippen molar-refractivity contribution in [3.63, 3.8) is 0 Å². The van der Waals surface area contributed by atoms with Crippen LogP contribution in [-0.2, 0) is 32.5 Å². The summed E-state index contributed by atoms with van der Waals surface area (Å²) in [5.41, 5.74) is 7.45. The van der Waals surface area contributed by atoms with E-state index in [2.05, 4.69) is 15.5 Å². The Morgan fingerprint density at radius 3 is 2.69 bits per heavy atom. The number of nitrogens with two attached hydrogens (primary N) is 1. The van der Waals surface area contributed by atoms with E-state index in [1.54, 1.807) is 11.7 Å². The van der Waals surface area contributed by atoms with E-state index in [4.69, 9.17) is 19.9 Å². The molecule has 1 unspecified atom stereocenters. The molecular formula is C17H25N5O4. The van der Waals surface area contributed by atoms with Crippen LogP contribution in [0.5, 0.6) is 0 Å². The van der Waals surface area contributed by atoms with Crippen LogP contribution in [0, 0.1) is 5.92 Å². The van der Waals surface area contributed by atoms with Gasteiger partial charge in [-0.15, -0.1) is 5.10 Å². The number of hydrogen-bond donors (Lipinski definition) is 1. The Labute approximate surface area is 152 Å². The number of benzene rings is 1. The maximum Gasteiger partial charge on any atom is 0.223 e. The zero-order valence-electron chi connectivity index (χ0n) is 15.3. The van der Waals surface area contributed by atoms with Crippen LogP contribution in [0.15, 0.2) is 24.3 Å². The molecule has 1 aromatic carbocycles. The number of aromatic nitrogens is 4. The van der Waals surface area contributed by atoms with Crippen molar-refractivity contribution in [2.75, 3.05) is 27.4 Å². The van der Waals surface area contributed by atoms with Crippen LogP contribution < -0.4 is 5.73 Å². The largest absolute Gasteiger partial charge is 0.380 e. The van der Waals surface area contributed by atoms with Gasteiger partial charge in [-0.05, 0) is 28.5 Å². The van der Waals surface area contributed by atoms with Gasteiger partial charge in [0.1, 0.15) is 0 Å². The molecule has 0 aliphatic rings. The number of aryl methyl sites for hydroxylation is 1. The van der Waals surface area contributed by atoms with Gasteiger partial charge in [0.25, 0.3) is 0 Å². The predicted molar refractivity (Wildman–Crippen MR) is 93.9 cm³/mol. The van der Waals surface area contributed by atoms with Gasteiger partial charge in [0.05, 0.1) is 19.1 Å². The molecule has 1 heterocycles. The zero-order valence-corrected chi connectivity index (χ0v) is 15.3. The summed E-state index contributed by atoms with van der Waals surface area (Å²) in [6.45, 7) is 0.695. The molecule has 0 fully saturated rings. The summed E-state index contributed by atoms with van der Waals surface area (Å²) >= 11 is 0. The standard InChI is InChI=1S/C17H25N5O4/c1-22-17(19-20-21-22)13-6-4-5-12(9-13)7-8-26-11-14(16(18)23)10-15(24-2)25-3/h4-6,9,14-15H,7-8,10-11H2,1-3H3,(H2,18,23). The monoisotopic (exact) mass is 363 g/mol. The maximum atomic E-state index is 11.5. The Morgan fingerprint density at radius 2 is 2.08 bits per heavy atom. The first-order chi connectivity index (χ1) is 12.5. The summed E-state index contributed by atoms with van der Waals surface area (Å²) < 4.78 is 17.5. The fourth-order valence-electron chi connectivity index (χ4n) is 2.54. The zero-order chi connectivity index (χ0) is 18.9. The number of hydrogen-bond acceptors (Lipinski definition) is 7. The molecule has 1 atom stereocenters. The molecule has 1 aromatic heterocycles. The van der Waals surface area contributed by atoms with E-state index in [1.807, 2.05) is 24.3 Å². The molecule has 0 aliphatic heterocycles. The summed E-state index contributed by atoms with van der Waals surface area (Å²) in [5, 5.41) is 11.5. The molecule has 0 bridgehead atoms. The molecule has 0 aliphatic carbocycles. The third kappa shape index (κ3) is 5.58. The van der Waals surface area contributed by atoms with Gasteiger partial charge in [-0.3, -0.25) is 4.79 Å². The highest BCUT2D eigenvalue weighted by molar-refractivity contribution is 5.76. The van der Waals surface area contributed by atoms with Crippen molar-refractivity contribution < 1.29 is 19.0 Å². The first-order valence-electron chi connectivity index (χ1n) is 8.29. The molecule has 142 valence electrons. The lowest BCUT2D eigenvalue weighted by Gasteiger charge is -2.19. The molecule has 1 amide bonds. The van der Waals surface area contributed by atoms with Crippen LogP contribution in [0.25, 0.3) is 11.4 Å². The number of tetrazole rings is 1. The van der Waals surface area contributed by atoms with E-state index in [-0.39, 0.29) is 6.61 Å². The van der Waals surface area contributed by atoms with E-state index >= 15 is 0 Å². The van der Waals surface area contributed by atoms with E-state index in [1.165, 1.54) is 14.2 Å². The van der Waals surface area contributed by atoms with Crippen molar-refractivity contribution >= 4 is 5.91 Å². The van der Waals surface area contributed by atoms with Gasteiger partial charge in [0, 0.05) is 33.3 Å². The topological polar surface area (TPSA) is 114 Å². The minimum Gasteiger partial charge on any atom is -0.380 e. The molecule has 9 nitrogen and oxygen atoms in total. The van der Waals surface area contributed by atoms with E-state index < -0.39 is 18.1 Å². The van der Waals surface area contributed by atoms with Crippen LogP contribution in [0.2, 0.25) is 0 Å². The number of primary amides is 1. The smallest absolute Gasteiger partial charge is 0.223 e. The van der Waals surface area contributed by atoms with Crippen LogP contribution in [0.1, 0.15) is 12.0 Å². The molecule has 2 N–H and O–H groups in total. The second-order valence-corrected chi connectivity index (χ2v) is 5.89. The lowest BCUT2D eigenvalue weighted by atomic mass is 10.1. The molecular weight excluding hydrogens is 338 g/mol. The number of amides is 1. The molecule has 0 radical (unpaired) electrons. The lowest BCUT2D eigenvalue weighted by molar-refractivity contribution is -0.138.